The summed E-state index contributed by atoms with van der Waals surface area (Å²) in [6.07, 6.45) is 9.21. The van der Waals surface area contributed by atoms with Gasteiger partial charge in [0.05, 0.1) is 12.3 Å². The van der Waals surface area contributed by atoms with Gasteiger partial charge in [-0.05, 0) is 18.6 Å². The van der Waals surface area contributed by atoms with Crippen LogP contribution in [0.2, 0.25) is 0 Å². The summed E-state index contributed by atoms with van der Waals surface area (Å²) < 4.78 is 5.69. The predicted octanol–water partition coefficient (Wildman–Crippen LogP) is 5.19. The summed E-state index contributed by atoms with van der Waals surface area (Å²) in [5.74, 6) is 0.0233. The topological polar surface area (TPSA) is 39.2 Å². The number of rotatable bonds is 11. The zero-order valence-corrected chi connectivity index (χ0v) is 14.5. The summed E-state index contributed by atoms with van der Waals surface area (Å²) in [6, 6.07) is 12.9. The molecule has 0 fully saturated rings. The molecular weight excluding hydrogens is 298 g/mol. The molecule has 0 saturated carbocycles. The molecule has 2 aromatic rings. The monoisotopic (exact) mass is 325 g/mol. The van der Waals surface area contributed by atoms with E-state index in [0.717, 1.165) is 18.7 Å². The Balaban J connectivity index is 1.76. The van der Waals surface area contributed by atoms with Crippen molar-refractivity contribution in [3.05, 3.63) is 65.5 Å². The second kappa shape index (κ2) is 10.7. The fourth-order valence-electron chi connectivity index (χ4n) is 2.62. The van der Waals surface area contributed by atoms with Crippen LogP contribution in [-0.4, -0.2) is 17.4 Å². The van der Waals surface area contributed by atoms with E-state index < -0.39 is 0 Å². The van der Waals surface area contributed by atoms with E-state index in [-0.39, 0.29) is 5.78 Å². The summed E-state index contributed by atoms with van der Waals surface area (Å²) in [5, 5.41) is 0. The molecule has 3 nitrogen and oxygen atoms in total. The van der Waals surface area contributed by atoms with Gasteiger partial charge in [-0.25, -0.2) is 0 Å². The molecule has 0 spiro atoms. The van der Waals surface area contributed by atoms with Crippen molar-refractivity contribution in [1.82, 2.24) is 4.98 Å². The smallest absolute Gasteiger partial charge is 0.193 e. The van der Waals surface area contributed by atoms with Crippen LogP contribution in [0.1, 0.15) is 67.1 Å². The number of hydrogen-bond donors (Lipinski definition) is 0. The first kappa shape index (κ1) is 18.3. The Kier molecular flexibility index (Phi) is 8.19. The molecular formula is C21H27NO2. The number of nitrogens with zero attached hydrogens (tertiary/aromatic N) is 1. The second-order valence-electron chi connectivity index (χ2n) is 6.05. The van der Waals surface area contributed by atoms with Gasteiger partial charge in [-0.1, -0.05) is 69.4 Å². The first-order valence-electron chi connectivity index (χ1n) is 8.93. The number of hydrogen-bond acceptors (Lipinski definition) is 3. The van der Waals surface area contributed by atoms with Crippen LogP contribution in [0.4, 0.5) is 0 Å². The quantitative estimate of drug-likeness (QED) is 0.421. The van der Waals surface area contributed by atoms with E-state index in [0.29, 0.717) is 17.7 Å². The van der Waals surface area contributed by atoms with E-state index in [9.17, 15) is 4.79 Å². The number of ketones is 1. The molecule has 0 aliphatic rings. The molecule has 24 heavy (non-hydrogen) atoms. The average Bonchev–Trinajstić information content (AvgIpc) is 2.64. The second-order valence-corrected chi connectivity index (χ2v) is 6.05. The molecule has 0 unspecified atom stereocenters. The third-order valence-corrected chi connectivity index (χ3v) is 4.01. The highest BCUT2D eigenvalue weighted by molar-refractivity contribution is 6.08. The molecule has 1 aromatic carbocycles. The maximum absolute atomic E-state index is 12.4. The van der Waals surface area contributed by atoms with E-state index in [2.05, 4.69) is 11.9 Å². The minimum absolute atomic E-state index is 0.0233. The highest BCUT2D eigenvalue weighted by Crippen LogP contribution is 2.11. The molecule has 0 amide bonds. The zero-order valence-electron chi connectivity index (χ0n) is 14.5. The van der Waals surface area contributed by atoms with Crippen molar-refractivity contribution in [3.8, 4) is 0 Å². The molecule has 0 bridgehead atoms. The Hall–Kier alpha value is -2.00. The van der Waals surface area contributed by atoms with Gasteiger partial charge in [-0.3, -0.25) is 9.78 Å². The maximum atomic E-state index is 12.4. The lowest BCUT2D eigenvalue weighted by molar-refractivity contribution is 0.103. The molecule has 1 heterocycles. The largest absolute Gasteiger partial charge is 0.375 e. The molecule has 1 aromatic heterocycles. The number of benzene rings is 1. The van der Waals surface area contributed by atoms with Crippen molar-refractivity contribution in [2.24, 2.45) is 0 Å². The first-order chi connectivity index (χ1) is 11.8. The van der Waals surface area contributed by atoms with Crippen LogP contribution in [0, 0.1) is 0 Å². The van der Waals surface area contributed by atoms with Crippen LogP contribution >= 0.6 is 0 Å². The molecule has 3 heteroatoms. The van der Waals surface area contributed by atoms with Crippen LogP contribution in [0.25, 0.3) is 0 Å². The van der Waals surface area contributed by atoms with Crippen molar-refractivity contribution < 1.29 is 9.53 Å². The van der Waals surface area contributed by atoms with Crippen LogP contribution in [0.15, 0.2) is 48.7 Å². The molecule has 2 rings (SSSR count). The highest BCUT2D eigenvalue weighted by Gasteiger charge is 2.09. The van der Waals surface area contributed by atoms with Crippen LogP contribution < -0.4 is 0 Å². The van der Waals surface area contributed by atoms with Crippen molar-refractivity contribution in [2.45, 2.75) is 52.1 Å². The number of ether oxygens (including phenoxy) is 1. The van der Waals surface area contributed by atoms with E-state index in [1.54, 1.807) is 12.3 Å². The van der Waals surface area contributed by atoms with Crippen molar-refractivity contribution in [3.63, 3.8) is 0 Å². The molecule has 0 aliphatic heterocycles. The Bertz CT molecular complexity index is 610. The van der Waals surface area contributed by atoms with Crippen LogP contribution in [0.5, 0.6) is 0 Å². The van der Waals surface area contributed by atoms with Gasteiger partial charge in [-0.15, -0.1) is 0 Å². The minimum atomic E-state index is 0.0233. The van der Waals surface area contributed by atoms with Crippen molar-refractivity contribution in [2.75, 3.05) is 6.61 Å². The fraction of sp³-hybridized carbons (Fsp3) is 0.429. The van der Waals surface area contributed by atoms with Crippen LogP contribution in [0.3, 0.4) is 0 Å². The molecule has 0 N–H and O–H groups in total. The third-order valence-electron chi connectivity index (χ3n) is 4.01. The predicted molar refractivity (Wildman–Crippen MR) is 97.1 cm³/mol. The first-order valence-corrected chi connectivity index (χ1v) is 8.93. The molecule has 0 atom stereocenters. The van der Waals surface area contributed by atoms with E-state index in [4.69, 9.17) is 4.74 Å². The number of unbranched alkanes of at least 4 members (excludes halogenated alkanes) is 5. The lowest BCUT2D eigenvalue weighted by Gasteiger charge is -2.06. The van der Waals surface area contributed by atoms with E-state index in [1.807, 2.05) is 36.4 Å². The maximum Gasteiger partial charge on any atom is 0.193 e. The summed E-state index contributed by atoms with van der Waals surface area (Å²) in [7, 11) is 0. The number of pyridine rings is 1. The standard InChI is InChI=1S/C21H27NO2/c1-2-3-4-5-6-10-15-24-17-20-16-19(13-14-22-20)21(23)18-11-8-7-9-12-18/h7-9,11-14,16H,2-6,10,15,17H2,1H3. The van der Waals surface area contributed by atoms with Gasteiger partial charge >= 0.3 is 0 Å². The van der Waals surface area contributed by atoms with E-state index in [1.165, 1.54) is 32.1 Å². The Morgan fingerprint density at radius 1 is 0.958 bits per heavy atom. The summed E-state index contributed by atoms with van der Waals surface area (Å²) in [4.78, 5) is 16.7. The van der Waals surface area contributed by atoms with Gasteiger partial charge in [0.25, 0.3) is 0 Å². The third kappa shape index (κ3) is 6.25. The zero-order chi connectivity index (χ0) is 17.0. The van der Waals surface area contributed by atoms with E-state index >= 15 is 0 Å². The average molecular weight is 325 g/mol. The van der Waals surface area contributed by atoms with Crippen molar-refractivity contribution in [1.29, 1.82) is 0 Å². The summed E-state index contributed by atoms with van der Waals surface area (Å²) in [6.45, 7) is 3.45. The summed E-state index contributed by atoms with van der Waals surface area (Å²) in [5.41, 5.74) is 2.17. The number of carbonyl (C=O) groups is 1. The molecule has 0 radical (unpaired) electrons. The molecule has 0 saturated heterocycles. The van der Waals surface area contributed by atoms with Gasteiger partial charge in [-0.2, -0.15) is 0 Å². The van der Waals surface area contributed by atoms with Gasteiger partial charge < -0.3 is 4.74 Å². The van der Waals surface area contributed by atoms with Gasteiger partial charge in [0, 0.05) is 23.9 Å². The Labute approximate surface area is 145 Å². The van der Waals surface area contributed by atoms with Gasteiger partial charge in [0.2, 0.25) is 0 Å². The Morgan fingerprint density at radius 2 is 1.71 bits per heavy atom. The SMILES string of the molecule is CCCCCCCCOCc1cc(C(=O)c2ccccc2)ccn1. The van der Waals surface area contributed by atoms with Crippen molar-refractivity contribution >= 4 is 5.78 Å². The molecule has 128 valence electrons. The lowest BCUT2D eigenvalue weighted by Crippen LogP contribution is -2.04. The fourth-order valence-corrected chi connectivity index (χ4v) is 2.62. The minimum Gasteiger partial charge on any atom is -0.375 e. The van der Waals surface area contributed by atoms with Crippen LogP contribution in [-0.2, 0) is 11.3 Å². The molecule has 0 aliphatic carbocycles. The normalized spacial score (nSPS) is 10.7. The number of carbonyl (C=O) groups excluding carboxylic acids is 1. The Morgan fingerprint density at radius 3 is 2.50 bits per heavy atom. The number of aromatic nitrogens is 1. The summed E-state index contributed by atoms with van der Waals surface area (Å²) >= 11 is 0. The van der Waals surface area contributed by atoms with Gasteiger partial charge in [0.1, 0.15) is 0 Å². The van der Waals surface area contributed by atoms with Gasteiger partial charge in [0.15, 0.2) is 5.78 Å². The highest BCUT2D eigenvalue weighted by atomic mass is 16.5. The lowest BCUT2D eigenvalue weighted by atomic mass is 10.0.